The zero-order valence-electron chi connectivity index (χ0n) is 11.7. The highest BCUT2D eigenvalue weighted by Crippen LogP contribution is 2.28. The molecular formula is C14H25NOS. The molecule has 1 N–H and O–H groups in total. The number of hydrogen-bond donors (Lipinski definition) is 1. The second-order valence-electron chi connectivity index (χ2n) is 5.17. The van der Waals surface area contributed by atoms with E-state index in [4.69, 9.17) is 4.74 Å². The standard InChI is InChI=1S/C14H25NOS/c1-6-7-15-13(9-14(3,4)16-5)12-8-11(2)17-10-12/h8,10,13,15H,6-7,9H2,1-5H3. The molecule has 0 saturated carbocycles. The Kier molecular flexibility index (Phi) is 5.63. The fourth-order valence-electron chi connectivity index (χ4n) is 1.85. The van der Waals surface area contributed by atoms with Gasteiger partial charge in [-0.3, -0.25) is 0 Å². The first-order valence-corrected chi connectivity index (χ1v) is 7.20. The van der Waals surface area contributed by atoms with Crippen LogP contribution in [0.25, 0.3) is 0 Å². The van der Waals surface area contributed by atoms with Gasteiger partial charge in [-0.25, -0.2) is 0 Å². The van der Waals surface area contributed by atoms with Gasteiger partial charge in [0, 0.05) is 18.0 Å². The van der Waals surface area contributed by atoms with Gasteiger partial charge in [-0.2, -0.15) is 0 Å². The summed E-state index contributed by atoms with van der Waals surface area (Å²) in [5.41, 5.74) is 1.31. The van der Waals surface area contributed by atoms with E-state index < -0.39 is 0 Å². The smallest absolute Gasteiger partial charge is 0.0640 e. The predicted octanol–water partition coefficient (Wildman–Crippen LogP) is 3.91. The molecule has 1 aromatic rings. The van der Waals surface area contributed by atoms with Crippen molar-refractivity contribution in [2.24, 2.45) is 0 Å². The van der Waals surface area contributed by atoms with Gasteiger partial charge in [0.2, 0.25) is 0 Å². The first-order valence-electron chi connectivity index (χ1n) is 6.32. The molecule has 1 rings (SSSR count). The second kappa shape index (κ2) is 6.53. The number of methoxy groups -OCH3 is 1. The number of nitrogens with one attached hydrogen (secondary N) is 1. The topological polar surface area (TPSA) is 21.3 Å². The average Bonchev–Trinajstić information content (AvgIpc) is 2.71. The van der Waals surface area contributed by atoms with Gasteiger partial charge in [0.15, 0.2) is 0 Å². The third-order valence-electron chi connectivity index (χ3n) is 3.04. The molecular weight excluding hydrogens is 230 g/mol. The summed E-state index contributed by atoms with van der Waals surface area (Å²) in [6.45, 7) is 9.70. The van der Waals surface area contributed by atoms with E-state index >= 15 is 0 Å². The Morgan fingerprint density at radius 3 is 2.65 bits per heavy atom. The van der Waals surface area contributed by atoms with E-state index in [1.807, 2.05) is 11.3 Å². The normalized spacial score (nSPS) is 13.9. The van der Waals surface area contributed by atoms with Crippen LogP contribution in [0.2, 0.25) is 0 Å². The highest BCUT2D eigenvalue weighted by molar-refractivity contribution is 7.10. The van der Waals surface area contributed by atoms with E-state index in [2.05, 4.69) is 44.5 Å². The molecule has 0 aliphatic heterocycles. The van der Waals surface area contributed by atoms with Crippen LogP contribution in [0, 0.1) is 6.92 Å². The summed E-state index contributed by atoms with van der Waals surface area (Å²) >= 11 is 1.82. The second-order valence-corrected chi connectivity index (χ2v) is 6.28. The van der Waals surface area contributed by atoms with Crippen LogP contribution < -0.4 is 5.32 Å². The molecule has 17 heavy (non-hydrogen) atoms. The summed E-state index contributed by atoms with van der Waals surface area (Å²) in [5.74, 6) is 0. The van der Waals surface area contributed by atoms with Crippen molar-refractivity contribution in [3.63, 3.8) is 0 Å². The molecule has 0 amide bonds. The molecule has 0 fully saturated rings. The van der Waals surface area contributed by atoms with Crippen molar-refractivity contribution < 1.29 is 4.74 Å². The third kappa shape index (κ3) is 4.78. The number of ether oxygens (including phenoxy) is 1. The number of hydrogen-bond acceptors (Lipinski definition) is 3. The first kappa shape index (κ1) is 14.7. The van der Waals surface area contributed by atoms with Crippen molar-refractivity contribution in [2.45, 2.75) is 52.2 Å². The van der Waals surface area contributed by atoms with E-state index in [1.54, 1.807) is 7.11 Å². The Bertz CT molecular complexity index is 333. The molecule has 0 bridgehead atoms. The third-order valence-corrected chi connectivity index (χ3v) is 3.92. The van der Waals surface area contributed by atoms with Gasteiger partial charge in [0.25, 0.3) is 0 Å². The molecule has 1 aromatic heterocycles. The minimum absolute atomic E-state index is 0.0821. The molecule has 0 aliphatic rings. The fraction of sp³-hybridized carbons (Fsp3) is 0.714. The minimum Gasteiger partial charge on any atom is -0.379 e. The monoisotopic (exact) mass is 255 g/mol. The van der Waals surface area contributed by atoms with Crippen molar-refractivity contribution in [3.8, 4) is 0 Å². The minimum atomic E-state index is -0.0821. The van der Waals surface area contributed by atoms with Crippen LogP contribution in [0.3, 0.4) is 0 Å². The molecule has 0 radical (unpaired) electrons. The Labute approximate surface area is 109 Å². The highest BCUT2D eigenvalue weighted by Gasteiger charge is 2.24. The molecule has 1 heterocycles. The Morgan fingerprint density at radius 1 is 1.47 bits per heavy atom. The lowest BCUT2D eigenvalue weighted by atomic mass is 9.95. The van der Waals surface area contributed by atoms with Crippen molar-refractivity contribution in [1.29, 1.82) is 0 Å². The molecule has 0 aliphatic carbocycles. The van der Waals surface area contributed by atoms with Crippen molar-refractivity contribution >= 4 is 11.3 Å². The van der Waals surface area contributed by atoms with Gasteiger partial charge in [0.05, 0.1) is 5.60 Å². The van der Waals surface area contributed by atoms with E-state index in [9.17, 15) is 0 Å². The maximum atomic E-state index is 5.54. The maximum Gasteiger partial charge on any atom is 0.0640 e. The lowest BCUT2D eigenvalue weighted by Crippen LogP contribution is -2.32. The van der Waals surface area contributed by atoms with Gasteiger partial charge < -0.3 is 10.1 Å². The van der Waals surface area contributed by atoms with Crippen LogP contribution >= 0.6 is 11.3 Å². The van der Waals surface area contributed by atoms with Crippen molar-refractivity contribution in [2.75, 3.05) is 13.7 Å². The van der Waals surface area contributed by atoms with Gasteiger partial charge in [0.1, 0.15) is 0 Å². The van der Waals surface area contributed by atoms with Crippen molar-refractivity contribution in [3.05, 3.63) is 21.9 Å². The zero-order valence-corrected chi connectivity index (χ0v) is 12.5. The van der Waals surface area contributed by atoms with E-state index in [1.165, 1.54) is 10.4 Å². The first-order chi connectivity index (χ1) is 7.98. The van der Waals surface area contributed by atoms with Crippen LogP contribution in [0.1, 0.15) is 50.1 Å². The molecule has 1 unspecified atom stereocenters. The molecule has 1 atom stereocenters. The molecule has 0 aromatic carbocycles. The van der Waals surface area contributed by atoms with E-state index in [-0.39, 0.29) is 5.60 Å². The van der Waals surface area contributed by atoms with Gasteiger partial charge in [-0.05, 0) is 57.2 Å². The lowest BCUT2D eigenvalue weighted by Gasteiger charge is -2.29. The highest BCUT2D eigenvalue weighted by atomic mass is 32.1. The predicted molar refractivity (Wildman–Crippen MR) is 75.8 cm³/mol. The maximum absolute atomic E-state index is 5.54. The summed E-state index contributed by atoms with van der Waals surface area (Å²) in [6.07, 6.45) is 2.16. The van der Waals surface area contributed by atoms with E-state index in [0.717, 1.165) is 19.4 Å². The van der Waals surface area contributed by atoms with Gasteiger partial charge in [-0.15, -0.1) is 11.3 Å². The Morgan fingerprint density at radius 2 is 2.18 bits per heavy atom. The fourth-order valence-corrected chi connectivity index (χ4v) is 2.61. The van der Waals surface area contributed by atoms with Crippen LogP contribution in [0.5, 0.6) is 0 Å². The van der Waals surface area contributed by atoms with Crippen LogP contribution in [-0.4, -0.2) is 19.3 Å². The van der Waals surface area contributed by atoms with Crippen molar-refractivity contribution in [1.82, 2.24) is 5.32 Å². The van der Waals surface area contributed by atoms with Gasteiger partial charge in [-0.1, -0.05) is 6.92 Å². The summed E-state index contributed by atoms with van der Waals surface area (Å²) in [7, 11) is 1.79. The number of thiophene rings is 1. The zero-order chi connectivity index (χ0) is 12.9. The Balaban J connectivity index is 2.73. The molecule has 0 saturated heterocycles. The summed E-state index contributed by atoms with van der Waals surface area (Å²) < 4.78 is 5.54. The van der Waals surface area contributed by atoms with Crippen LogP contribution in [0.4, 0.5) is 0 Å². The lowest BCUT2D eigenvalue weighted by molar-refractivity contribution is 0.00688. The quantitative estimate of drug-likeness (QED) is 0.797. The largest absolute Gasteiger partial charge is 0.379 e. The van der Waals surface area contributed by atoms with Crippen LogP contribution in [-0.2, 0) is 4.74 Å². The summed E-state index contributed by atoms with van der Waals surface area (Å²) in [4.78, 5) is 1.37. The van der Waals surface area contributed by atoms with Crippen LogP contribution in [0.15, 0.2) is 11.4 Å². The summed E-state index contributed by atoms with van der Waals surface area (Å²) in [6, 6.07) is 2.68. The molecule has 98 valence electrons. The molecule has 3 heteroatoms. The van der Waals surface area contributed by atoms with E-state index in [0.29, 0.717) is 6.04 Å². The average molecular weight is 255 g/mol. The molecule has 0 spiro atoms. The Hall–Kier alpha value is -0.380. The number of aryl methyl sites for hydroxylation is 1. The van der Waals surface area contributed by atoms with Gasteiger partial charge >= 0.3 is 0 Å². The SMILES string of the molecule is CCCNC(CC(C)(C)OC)c1csc(C)c1. The summed E-state index contributed by atoms with van der Waals surface area (Å²) in [5, 5.41) is 5.87. The number of rotatable bonds is 7. The molecule has 2 nitrogen and oxygen atoms in total.